The van der Waals surface area contributed by atoms with Crippen LogP contribution in [0.15, 0.2) is 134 Å². The second kappa shape index (κ2) is 9.06. The molecule has 0 saturated heterocycles. The first-order chi connectivity index (χ1) is 20.8. The van der Waals surface area contributed by atoms with Gasteiger partial charge in [-0.3, -0.25) is 9.55 Å². The van der Waals surface area contributed by atoms with Crippen LogP contribution < -0.4 is 0 Å². The molecule has 42 heavy (non-hydrogen) atoms. The standard InChI is InChI=1S/C37H22N4S/c1-3-11-23(12-4-1)29-21-32(40-37(39-29)24-13-5-2-6-14-24)41-30-17-9-7-15-26(30)33-25-19-20-38-22-28(25)36-34(35(33)41)27-16-8-10-18-31(27)42-36/h1-22H. The second-order valence-corrected chi connectivity index (χ2v) is 11.5. The fourth-order valence-electron chi connectivity index (χ4n) is 6.27. The monoisotopic (exact) mass is 554 g/mol. The second-order valence-electron chi connectivity index (χ2n) is 10.5. The maximum Gasteiger partial charge on any atom is 0.162 e. The smallest absolute Gasteiger partial charge is 0.162 e. The summed E-state index contributed by atoms with van der Waals surface area (Å²) in [5, 5.41) is 7.29. The predicted molar refractivity (Wildman–Crippen MR) is 175 cm³/mol. The van der Waals surface area contributed by atoms with Crippen LogP contribution in [-0.4, -0.2) is 19.5 Å². The lowest BCUT2D eigenvalue weighted by atomic mass is 10.0. The molecule has 0 aliphatic rings. The van der Waals surface area contributed by atoms with E-state index in [-0.39, 0.29) is 0 Å². The summed E-state index contributed by atoms with van der Waals surface area (Å²) in [5.74, 6) is 1.55. The minimum atomic E-state index is 0.703. The third-order valence-corrected chi connectivity index (χ3v) is 9.29. The van der Waals surface area contributed by atoms with E-state index in [2.05, 4.69) is 107 Å². The molecule has 0 aliphatic carbocycles. The van der Waals surface area contributed by atoms with Gasteiger partial charge in [-0.05, 0) is 23.6 Å². The van der Waals surface area contributed by atoms with Crippen molar-refractivity contribution in [3.05, 3.63) is 134 Å². The van der Waals surface area contributed by atoms with Crippen LogP contribution in [0, 0.1) is 0 Å². The van der Waals surface area contributed by atoms with Crippen LogP contribution in [0.3, 0.4) is 0 Å². The minimum Gasteiger partial charge on any atom is -0.293 e. The van der Waals surface area contributed by atoms with Crippen LogP contribution in [0.2, 0.25) is 0 Å². The van der Waals surface area contributed by atoms with Gasteiger partial charge in [-0.1, -0.05) is 97.1 Å². The number of benzene rings is 5. The lowest BCUT2D eigenvalue weighted by Crippen LogP contribution is -2.02. The van der Waals surface area contributed by atoms with Gasteiger partial charge in [0.25, 0.3) is 0 Å². The Bertz CT molecular complexity index is 2400. The minimum absolute atomic E-state index is 0.703. The molecule has 0 spiro atoms. The summed E-state index contributed by atoms with van der Waals surface area (Å²) in [7, 11) is 0. The molecule has 0 radical (unpaired) electrons. The van der Waals surface area contributed by atoms with Crippen LogP contribution in [0.5, 0.6) is 0 Å². The first-order valence-corrected chi connectivity index (χ1v) is 14.8. The molecule has 9 aromatic rings. The summed E-state index contributed by atoms with van der Waals surface area (Å²) < 4.78 is 4.86. The van der Waals surface area contributed by atoms with E-state index in [4.69, 9.17) is 9.97 Å². The molecular formula is C37H22N4S. The van der Waals surface area contributed by atoms with Gasteiger partial charge in [0.05, 0.1) is 16.7 Å². The van der Waals surface area contributed by atoms with Crippen LogP contribution in [0.25, 0.3) is 81.2 Å². The fraction of sp³-hybridized carbons (Fsp3) is 0. The normalized spacial score (nSPS) is 11.8. The number of pyridine rings is 1. The molecule has 5 heteroatoms. The Balaban J connectivity index is 1.51. The van der Waals surface area contributed by atoms with E-state index >= 15 is 0 Å². The molecule has 5 aromatic carbocycles. The summed E-state index contributed by atoms with van der Waals surface area (Å²) in [6.07, 6.45) is 3.92. The number of para-hydroxylation sites is 1. The lowest BCUT2D eigenvalue weighted by molar-refractivity contribution is 1.05. The molecule has 0 amide bonds. The molecule has 0 bridgehead atoms. The van der Waals surface area contributed by atoms with Crippen molar-refractivity contribution in [3.63, 3.8) is 0 Å². The van der Waals surface area contributed by atoms with Gasteiger partial charge in [0.2, 0.25) is 0 Å². The highest BCUT2D eigenvalue weighted by atomic mass is 32.1. The Morgan fingerprint density at radius 1 is 0.571 bits per heavy atom. The third-order valence-electron chi connectivity index (χ3n) is 8.09. The highest BCUT2D eigenvalue weighted by Gasteiger charge is 2.23. The van der Waals surface area contributed by atoms with Gasteiger partial charge in [-0.15, -0.1) is 11.3 Å². The number of hydrogen-bond acceptors (Lipinski definition) is 4. The molecule has 9 rings (SSSR count). The maximum atomic E-state index is 5.27. The van der Waals surface area contributed by atoms with Crippen molar-refractivity contribution in [1.82, 2.24) is 19.5 Å². The maximum absolute atomic E-state index is 5.27. The van der Waals surface area contributed by atoms with Gasteiger partial charge in [0.15, 0.2) is 5.82 Å². The predicted octanol–water partition coefficient (Wildman–Crippen LogP) is 9.82. The van der Waals surface area contributed by atoms with Gasteiger partial charge < -0.3 is 0 Å². The van der Waals surface area contributed by atoms with Crippen molar-refractivity contribution in [1.29, 1.82) is 0 Å². The van der Waals surface area contributed by atoms with Crippen LogP contribution in [0.1, 0.15) is 0 Å². The van der Waals surface area contributed by atoms with Gasteiger partial charge in [-0.2, -0.15) is 0 Å². The van der Waals surface area contributed by atoms with E-state index in [0.717, 1.165) is 28.2 Å². The molecule has 0 atom stereocenters. The molecular weight excluding hydrogens is 533 g/mol. The Kier molecular flexibility index (Phi) is 5.03. The van der Waals surface area contributed by atoms with E-state index < -0.39 is 0 Å². The van der Waals surface area contributed by atoms with E-state index in [1.165, 1.54) is 47.2 Å². The van der Waals surface area contributed by atoms with Crippen molar-refractivity contribution in [2.75, 3.05) is 0 Å². The van der Waals surface area contributed by atoms with Gasteiger partial charge >= 0.3 is 0 Å². The summed E-state index contributed by atoms with van der Waals surface area (Å²) in [5.41, 5.74) is 5.22. The average molecular weight is 555 g/mol. The Hall–Kier alpha value is -5.39. The van der Waals surface area contributed by atoms with Crippen LogP contribution in [-0.2, 0) is 0 Å². The van der Waals surface area contributed by atoms with E-state index in [9.17, 15) is 0 Å². The zero-order valence-electron chi connectivity index (χ0n) is 22.4. The first-order valence-electron chi connectivity index (χ1n) is 14.0. The Morgan fingerprint density at radius 3 is 2.12 bits per heavy atom. The number of hydrogen-bond donors (Lipinski definition) is 0. The van der Waals surface area contributed by atoms with Crippen molar-refractivity contribution >= 4 is 64.1 Å². The molecule has 196 valence electrons. The van der Waals surface area contributed by atoms with Gasteiger partial charge in [0.1, 0.15) is 5.82 Å². The van der Waals surface area contributed by atoms with E-state index in [1.54, 1.807) is 0 Å². The molecule has 4 heterocycles. The Morgan fingerprint density at radius 2 is 1.29 bits per heavy atom. The van der Waals surface area contributed by atoms with E-state index in [0.29, 0.717) is 5.82 Å². The summed E-state index contributed by atoms with van der Waals surface area (Å²) >= 11 is 1.83. The average Bonchev–Trinajstić information content (AvgIpc) is 3.62. The van der Waals surface area contributed by atoms with Crippen molar-refractivity contribution < 1.29 is 0 Å². The fourth-order valence-corrected chi connectivity index (χ4v) is 7.50. The molecule has 0 fully saturated rings. The Labute approximate surface area is 245 Å². The van der Waals surface area contributed by atoms with Gasteiger partial charge in [0, 0.05) is 65.9 Å². The summed E-state index contributed by atoms with van der Waals surface area (Å²) in [6, 6.07) is 42.3. The first kappa shape index (κ1) is 23.3. The summed E-state index contributed by atoms with van der Waals surface area (Å²) in [4.78, 5) is 14.9. The number of nitrogens with zero attached hydrogens (tertiary/aromatic N) is 4. The highest BCUT2D eigenvalue weighted by Crippen LogP contribution is 2.47. The van der Waals surface area contributed by atoms with Crippen LogP contribution in [0.4, 0.5) is 0 Å². The number of rotatable bonds is 3. The molecule has 4 aromatic heterocycles. The molecule has 4 nitrogen and oxygen atoms in total. The molecule has 0 saturated carbocycles. The van der Waals surface area contributed by atoms with Crippen molar-refractivity contribution in [2.24, 2.45) is 0 Å². The zero-order valence-corrected chi connectivity index (χ0v) is 23.2. The largest absolute Gasteiger partial charge is 0.293 e. The lowest BCUT2D eigenvalue weighted by Gasteiger charge is -2.13. The molecule has 0 aliphatic heterocycles. The quantitative estimate of drug-likeness (QED) is 0.218. The van der Waals surface area contributed by atoms with Crippen LogP contribution >= 0.6 is 11.3 Å². The molecule has 0 N–H and O–H groups in total. The highest BCUT2D eigenvalue weighted by molar-refractivity contribution is 7.27. The summed E-state index contributed by atoms with van der Waals surface area (Å²) in [6.45, 7) is 0. The SMILES string of the molecule is c1ccc(-c2cc(-n3c4ccccc4c4c5ccncc5c5sc6ccccc6c5c43)nc(-c3ccccc3)n2)cc1. The zero-order chi connectivity index (χ0) is 27.6. The number of fused-ring (bicyclic) bond motifs is 10. The van der Waals surface area contributed by atoms with E-state index in [1.807, 2.05) is 48.0 Å². The topological polar surface area (TPSA) is 43.6 Å². The molecule has 0 unspecified atom stereocenters. The van der Waals surface area contributed by atoms with Crippen molar-refractivity contribution in [3.8, 4) is 28.5 Å². The number of thiophene rings is 1. The van der Waals surface area contributed by atoms with Crippen molar-refractivity contribution in [2.45, 2.75) is 0 Å². The third kappa shape index (κ3) is 3.38. The number of aromatic nitrogens is 4. The van der Waals surface area contributed by atoms with Gasteiger partial charge in [-0.25, -0.2) is 9.97 Å².